The molecule has 0 aliphatic heterocycles. The molecule has 0 spiro atoms. The molecule has 4 nitrogen and oxygen atoms in total. The summed E-state index contributed by atoms with van der Waals surface area (Å²) in [6.07, 6.45) is -0.947. The minimum Gasteiger partial charge on any atom is -0.492 e. The zero-order valence-electron chi connectivity index (χ0n) is 16.8. The Balaban J connectivity index is 2.19. The van der Waals surface area contributed by atoms with Gasteiger partial charge in [-0.2, -0.15) is 0 Å². The quantitative estimate of drug-likeness (QED) is 0.471. The monoisotopic (exact) mass is 460 g/mol. The van der Waals surface area contributed by atoms with Gasteiger partial charge in [0, 0.05) is 17.2 Å². The Hall–Kier alpha value is -1.17. The van der Waals surface area contributed by atoms with Crippen molar-refractivity contribution in [1.82, 2.24) is 0 Å². The molecule has 0 bridgehead atoms. The van der Waals surface area contributed by atoms with E-state index in [9.17, 15) is 5.11 Å². The van der Waals surface area contributed by atoms with Crippen LogP contribution in [0.5, 0.6) is 11.5 Å². The van der Waals surface area contributed by atoms with Gasteiger partial charge in [0.1, 0.15) is 24.2 Å². The van der Waals surface area contributed by atoms with Crippen molar-refractivity contribution in [1.29, 1.82) is 0 Å². The van der Waals surface area contributed by atoms with Crippen LogP contribution in [0.3, 0.4) is 0 Å². The van der Waals surface area contributed by atoms with Crippen LogP contribution in [0, 0.1) is 5.92 Å². The maximum Gasteiger partial charge on any atom is 0.138 e. The number of hydrogen-bond acceptors (Lipinski definition) is 4. The molecule has 0 radical (unpaired) electrons. The number of halogens is 3. The fourth-order valence-corrected chi connectivity index (χ4v) is 3.25. The molecule has 2 rings (SSSR count). The summed E-state index contributed by atoms with van der Waals surface area (Å²) in [5.41, 5.74) is 1.64. The summed E-state index contributed by atoms with van der Waals surface area (Å²) in [6.45, 7) is 6.29. The van der Waals surface area contributed by atoms with Crippen LogP contribution in [0.2, 0.25) is 10.0 Å². The molecule has 7 heteroatoms. The highest BCUT2D eigenvalue weighted by molar-refractivity contribution is 6.32. The normalized spacial score (nSPS) is 13.8. The third-order valence-corrected chi connectivity index (χ3v) is 5.85. The number of benzene rings is 2. The molecule has 2 N–H and O–H groups in total. The molecule has 0 saturated heterocycles. The van der Waals surface area contributed by atoms with Crippen molar-refractivity contribution in [2.75, 3.05) is 25.7 Å². The van der Waals surface area contributed by atoms with Crippen molar-refractivity contribution in [3.8, 4) is 11.5 Å². The topological polar surface area (TPSA) is 58.9 Å². The number of hydrogen-bond donors (Lipinski definition) is 2. The Morgan fingerprint density at radius 2 is 1.41 bits per heavy atom. The molecule has 2 atom stereocenters. The highest BCUT2D eigenvalue weighted by Crippen LogP contribution is 2.38. The first-order valence-corrected chi connectivity index (χ1v) is 10.7. The molecule has 2 aromatic rings. The molecule has 160 valence electrons. The minimum absolute atomic E-state index is 0.0294. The van der Waals surface area contributed by atoms with E-state index in [1.165, 1.54) is 0 Å². The van der Waals surface area contributed by atoms with Crippen LogP contribution in [0.15, 0.2) is 36.4 Å². The first kappa shape index (κ1) is 24.1. The number of alkyl halides is 1. The predicted molar refractivity (Wildman–Crippen MR) is 119 cm³/mol. The van der Waals surface area contributed by atoms with Gasteiger partial charge in [0.2, 0.25) is 0 Å². The second-order valence-electron chi connectivity index (χ2n) is 7.63. The van der Waals surface area contributed by atoms with Crippen LogP contribution in [0.4, 0.5) is 0 Å². The second-order valence-corrected chi connectivity index (χ2v) is 8.76. The standard InChI is InChI=1S/C22H27Cl3O4/c1-14(10-23)12-28-20-6-4-15(8-18(20)24)22(2,3)16-5-7-21(19(25)9-16)29-13-17(27)11-26/h4-9,14,17,26-27H,10-13H2,1-3H3. The van der Waals surface area contributed by atoms with Crippen LogP contribution in [-0.4, -0.2) is 42.0 Å². The Morgan fingerprint density at radius 3 is 1.83 bits per heavy atom. The Labute approximate surface area is 187 Å². The summed E-state index contributed by atoms with van der Waals surface area (Å²) in [7, 11) is 0. The minimum atomic E-state index is -0.947. The number of rotatable bonds is 10. The van der Waals surface area contributed by atoms with Crippen LogP contribution >= 0.6 is 34.8 Å². The SMILES string of the molecule is CC(CCl)COc1ccc(C(C)(C)c2ccc(OCC(O)CO)c(Cl)c2)cc1Cl. The van der Waals surface area contributed by atoms with E-state index in [1.807, 2.05) is 37.3 Å². The van der Waals surface area contributed by atoms with E-state index >= 15 is 0 Å². The van der Waals surface area contributed by atoms with E-state index in [-0.39, 0.29) is 24.5 Å². The average molecular weight is 462 g/mol. The molecule has 29 heavy (non-hydrogen) atoms. The molecule has 2 unspecified atom stereocenters. The molecule has 0 amide bonds. The lowest BCUT2D eigenvalue weighted by molar-refractivity contribution is 0.0536. The van der Waals surface area contributed by atoms with Crippen molar-refractivity contribution in [3.05, 3.63) is 57.6 Å². The third-order valence-electron chi connectivity index (χ3n) is 4.74. The van der Waals surface area contributed by atoms with Crippen molar-refractivity contribution in [3.63, 3.8) is 0 Å². The van der Waals surface area contributed by atoms with Crippen molar-refractivity contribution in [2.45, 2.75) is 32.3 Å². The number of ether oxygens (including phenoxy) is 2. The maximum atomic E-state index is 9.43. The fourth-order valence-electron chi connectivity index (χ4n) is 2.70. The summed E-state index contributed by atoms with van der Waals surface area (Å²) in [6, 6.07) is 11.3. The lowest BCUT2D eigenvalue weighted by Gasteiger charge is -2.27. The van der Waals surface area contributed by atoms with Gasteiger partial charge in [-0.25, -0.2) is 0 Å². The smallest absolute Gasteiger partial charge is 0.138 e. The summed E-state index contributed by atoms with van der Waals surface area (Å²) < 4.78 is 11.2. The fraction of sp³-hybridized carbons (Fsp3) is 0.455. The predicted octanol–water partition coefficient (Wildman–Crippen LogP) is 5.31. The van der Waals surface area contributed by atoms with Gasteiger partial charge in [0.25, 0.3) is 0 Å². The van der Waals surface area contributed by atoms with Crippen molar-refractivity contribution in [2.24, 2.45) is 5.92 Å². The van der Waals surface area contributed by atoms with E-state index in [2.05, 4.69) is 13.8 Å². The lowest BCUT2D eigenvalue weighted by atomic mass is 9.78. The third kappa shape index (κ3) is 6.40. The zero-order chi connectivity index (χ0) is 21.6. The van der Waals surface area contributed by atoms with Gasteiger partial charge >= 0.3 is 0 Å². The van der Waals surface area contributed by atoms with Crippen LogP contribution < -0.4 is 9.47 Å². The maximum absolute atomic E-state index is 9.43. The van der Waals surface area contributed by atoms with E-state index in [0.29, 0.717) is 34.0 Å². The first-order valence-electron chi connectivity index (χ1n) is 9.39. The van der Waals surface area contributed by atoms with Gasteiger partial charge in [0.15, 0.2) is 0 Å². The van der Waals surface area contributed by atoms with Gasteiger partial charge in [-0.1, -0.05) is 56.1 Å². The van der Waals surface area contributed by atoms with Gasteiger partial charge in [-0.05, 0) is 35.4 Å². The summed E-state index contributed by atoms with van der Waals surface area (Å²) in [5, 5.41) is 19.3. The van der Waals surface area contributed by atoms with Crippen molar-refractivity contribution < 1.29 is 19.7 Å². The molecule has 2 aromatic carbocycles. The second kappa shape index (κ2) is 10.7. The zero-order valence-corrected chi connectivity index (χ0v) is 19.1. The Kier molecular flexibility index (Phi) is 8.92. The number of aliphatic hydroxyl groups excluding tert-OH is 2. The molecular weight excluding hydrogens is 435 g/mol. The highest BCUT2D eigenvalue weighted by atomic mass is 35.5. The average Bonchev–Trinajstić information content (AvgIpc) is 2.71. The molecule has 0 aliphatic carbocycles. The summed E-state index contributed by atoms with van der Waals surface area (Å²) in [5.74, 6) is 1.86. The van der Waals surface area contributed by atoms with Crippen LogP contribution in [0.1, 0.15) is 31.9 Å². The van der Waals surface area contributed by atoms with Gasteiger partial charge < -0.3 is 19.7 Å². The largest absolute Gasteiger partial charge is 0.492 e. The van der Waals surface area contributed by atoms with E-state index in [0.717, 1.165) is 11.1 Å². The van der Waals surface area contributed by atoms with Gasteiger partial charge in [-0.15, -0.1) is 11.6 Å². The van der Waals surface area contributed by atoms with E-state index in [4.69, 9.17) is 49.4 Å². The molecule has 0 aromatic heterocycles. The first-order chi connectivity index (χ1) is 13.7. The Bertz CT molecular complexity index is 745. The summed E-state index contributed by atoms with van der Waals surface area (Å²) >= 11 is 18.6. The van der Waals surface area contributed by atoms with E-state index < -0.39 is 6.10 Å². The molecule has 0 fully saturated rings. The van der Waals surface area contributed by atoms with E-state index in [1.54, 1.807) is 6.07 Å². The van der Waals surface area contributed by atoms with Gasteiger partial charge in [-0.3, -0.25) is 0 Å². The highest BCUT2D eigenvalue weighted by Gasteiger charge is 2.25. The lowest BCUT2D eigenvalue weighted by Crippen LogP contribution is -2.22. The van der Waals surface area contributed by atoms with Crippen LogP contribution in [-0.2, 0) is 5.41 Å². The van der Waals surface area contributed by atoms with Crippen molar-refractivity contribution >= 4 is 34.8 Å². The molecule has 0 aliphatic rings. The molecule has 0 heterocycles. The number of aliphatic hydroxyl groups is 2. The van der Waals surface area contributed by atoms with Gasteiger partial charge in [0.05, 0.1) is 23.3 Å². The van der Waals surface area contributed by atoms with Crippen LogP contribution in [0.25, 0.3) is 0 Å². The molecule has 0 saturated carbocycles. The molecular formula is C22H27Cl3O4. The summed E-state index contributed by atoms with van der Waals surface area (Å²) in [4.78, 5) is 0. The Morgan fingerprint density at radius 1 is 0.931 bits per heavy atom.